The molecule has 0 aliphatic rings. The van der Waals surface area contributed by atoms with Crippen LogP contribution in [-0.4, -0.2) is 60.1 Å². The second-order valence-corrected chi connectivity index (χ2v) is 10.1. The number of aromatic nitrogens is 2. The van der Waals surface area contributed by atoms with Crippen molar-refractivity contribution < 1.29 is 19.1 Å². The van der Waals surface area contributed by atoms with E-state index in [-0.39, 0.29) is 18.4 Å². The molecular formula is C29H40N4O4. The van der Waals surface area contributed by atoms with E-state index in [1.165, 1.54) is 0 Å². The van der Waals surface area contributed by atoms with E-state index < -0.39 is 0 Å². The van der Waals surface area contributed by atoms with Crippen molar-refractivity contribution in [1.29, 1.82) is 0 Å². The van der Waals surface area contributed by atoms with Gasteiger partial charge in [0.1, 0.15) is 12.4 Å². The molecule has 2 aromatic carbocycles. The van der Waals surface area contributed by atoms with Crippen LogP contribution in [0.2, 0.25) is 0 Å². The van der Waals surface area contributed by atoms with Gasteiger partial charge in [0.2, 0.25) is 5.91 Å². The molecule has 0 unspecified atom stereocenters. The molecule has 0 bridgehead atoms. The van der Waals surface area contributed by atoms with Gasteiger partial charge < -0.3 is 24.3 Å². The summed E-state index contributed by atoms with van der Waals surface area (Å²) in [5, 5.41) is 2.97. The Morgan fingerprint density at radius 3 is 2.30 bits per heavy atom. The lowest BCUT2D eigenvalue weighted by molar-refractivity contribution is -0.132. The quantitative estimate of drug-likeness (QED) is 0.342. The zero-order chi connectivity index (χ0) is 26.9. The summed E-state index contributed by atoms with van der Waals surface area (Å²) in [6.45, 7) is 10.8. The van der Waals surface area contributed by atoms with Gasteiger partial charge >= 0.3 is 0 Å². The van der Waals surface area contributed by atoms with Gasteiger partial charge in [0, 0.05) is 31.6 Å². The molecule has 3 aromatic rings. The lowest BCUT2D eigenvalue weighted by atomic mass is 10.1. The van der Waals surface area contributed by atoms with Gasteiger partial charge in [-0.3, -0.25) is 9.59 Å². The summed E-state index contributed by atoms with van der Waals surface area (Å²) < 4.78 is 12.6. The monoisotopic (exact) mass is 508 g/mol. The molecule has 1 N–H and O–H groups in total. The summed E-state index contributed by atoms with van der Waals surface area (Å²) in [5.74, 6) is 2.66. The molecule has 3 rings (SSSR count). The third-order valence-electron chi connectivity index (χ3n) is 6.06. The van der Waals surface area contributed by atoms with Crippen LogP contribution >= 0.6 is 0 Å². The number of carbonyl (C=O) groups excluding carboxylic acids is 2. The zero-order valence-electron chi connectivity index (χ0n) is 22.9. The van der Waals surface area contributed by atoms with Gasteiger partial charge in [-0.1, -0.05) is 39.8 Å². The van der Waals surface area contributed by atoms with Crippen molar-refractivity contribution in [2.45, 2.75) is 47.1 Å². The van der Waals surface area contributed by atoms with Crippen LogP contribution < -0.4 is 14.8 Å². The molecular weight excluding hydrogens is 468 g/mol. The van der Waals surface area contributed by atoms with Gasteiger partial charge in [-0.05, 0) is 48.6 Å². The average molecular weight is 509 g/mol. The van der Waals surface area contributed by atoms with Crippen LogP contribution in [0.1, 0.15) is 50.3 Å². The molecule has 0 radical (unpaired) electrons. The van der Waals surface area contributed by atoms with E-state index in [9.17, 15) is 9.59 Å². The number of hydrogen-bond donors (Lipinski definition) is 1. The Hall–Kier alpha value is -3.55. The normalized spacial score (nSPS) is 11.2. The Labute approximate surface area is 220 Å². The minimum Gasteiger partial charge on any atom is -0.493 e. The van der Waals surface area contributed by atoms with Gasteiger partial charge in [-0.15, -0.1) is 0 Å². The predicted octanol–water partition coefficient (Wildman–Crippen LogP) is 4.56. The van der Waals surface area contributed by atoms with E-state index in [0.29, 0.717) is 48.3 Å². The number of hydrogen-bond acceptors (Lipinski definition) is 5. The molecule has 37 heavy (non-hydrogen) atoms. The maximum atomic E-state index is 13.4. The molecule has 1 heterocycles. The van der Waals surface area contributed by atoms with Crippen molar-refractivity contribution in [1.82, 2.24) is 19.8 Å². The van der Waals surface area contributed by atoms with Crippen LogP contribution in [0, 0.1) is 11.8 Å². The Bertz CT molecular complexity index is 1190. The molecule has 0 saturated carbocycles. The maximum absolute atomic E-state index is 13.4. The lowest BCUT2D eigenvalue weighted by Crippen LogP contribution is -2.39. The number of rotatable bonds is 13. The van der Waals surface area contributed by atoms with E-state index in [2.05, 4.69) is 33.0 Å². The number of methoxy groups -OCH3 is 2. The standard InChI is InChI=1S/C29H40N4O4/c1-20(2)17-32(18-21(3)4)28(34)19-33-24-11-8-7-10-23(24)31-27(33)12-9-15-30-29(35)22-13-14-25(36-5)26(16-22)37-6/h7-8,10-11,13-14,16,20-21H,9,12,15,17-19H2,1-6H3,(H,30,35). The molecule has 8 nitrogen and oxygen atoms in total. The van der Waals surface area contributed by atoms with Crippen molar-refractivity contribution in [2.24, 2.45) is 11.8 Å². The summed E-state index contributed by atoms with van der Waals surface area (Å²) in [5.41, 5.74) is 2.33. The van der Waals surface area contributed by atoms with Crippen molar-refractivity contribution in [3.8, 4) is 11.5 Å². The van der Waals surface area contributed by atoms with E-state index in [4.69, 9.17) is 14.5 Å². The predicted molar refractivity (Wildman–Crippen MR) is 146 cm³/mol. The largest absolute Gasteiger partial charge is 0.493 e. The van der Waals surface area contributed by atoms with Crippen molar-refractivity contribution in [3.63, 3.8) is 0 Å². The first kappa shape index (κ1) is 28.0. The fraction of sp³-hybridized carbons (Fsp3) is 0.483. The number of benzene rings is 2. The first-order valence-corrected chi connectivity index (χ1v) is 13.0. The van der Waals surface area contributed by atoms with Crippen LogP contribution in [0.4, 0.5) is 0 Å². The van der Waals surface area contributed by atoms with E-state index in [1.807, 2.05) is 33.7 Å². The highest BCUT2D eigenvalue weighted by molar-refractivity contribution is 5.94. The van der Waals surface area contributed by atoms with Gasteiger partial charge in [0.15, 0.2) is 11.5 Å². The topological polar surface area (TPSA) is 85.7 Å². The van der Waals surface area contributed by atoms with Gasteiger partial charge in [0.05, 0.1) is 25.3 Å². The van der Waals surface area contributed by atoms with Crippen LogP contribution in [0.5, 0.6) is 11.5 Å². The number of carbonyl (C=O) groups is 2. The average Bonchev–Trinajstić information content (AvgIpc) is 3.22. The van der Waals surface area contributed by atoms with E-state index >= 15 is 0 Å². The number of imidazole rings is 1. The second-order valence-electron chi connectivity index (χ2n) is 10.1. The molecule has 0 aliphatic carbocycles. The van der Waals surface area contributed by atoms with Crippen LogP contribution in [0.3, 0.4) is 0 Å². The highest BCUT2D eigenvalue weighted by Crippen LogP contribution is 2.27. The van der Waals surface area contributed by atoms with Crippen LogP contribution in [-0.2, 0) is 17.8 Å². The van der Waals surface area contributed by atoms with Crippen molar-refractivity contribution >= 4 is 22.8 Å². The molecule has 0 saturated heterocycles. The summed E-state index contributed by atoms with van der Waals surface area (Å²) in [4.78, 5) is 32.8. The van der Waals surface area contributed by atoms with Gasteiger partial charge in [0.25, 0.3) is 5.91 Å². The SMILES string of the molecule is COc1ccc(C(=O)NCCCc2nc3ccccc3n2CC(=O)N(CC(C)C)CC(C)C)cc1OC. The molecule has 8 heteroatoms. The zero-order valence-corrected chi connectivity index (χ0v) is 22.9. The Balaban J connectivity index is 1.68. The third-order valence-corrected chi connectivity index (χ3v) is 6.06. The molecule has 2 amide bonds. The highest BCUT2D eigenvalue weighted by atomic mass is 16.5. The number of amides is 2. The molecule has 1 aromatic heterocycles. The lowest BCUT2D eigenvalue weighted by Gasteiger charge is -2.27. The highest BCUT2D eigenvalue weighted by Gasteiger charge is 2.20. The minimum atomic E-state index is -0.178. The second kappa shape index (κ2) is 13.1. The van der Waals surface area contributed by atoms with Crippen molar-refractivity contribution in [3.05, 3.63) is 53.9 Å². The number of para-hydroxylation sites is 2. The first-order valence-electron chi connectivity index (χ1n) is 13.0. The minimum absolute atomic E-state index is 0.105. The Morgan fingerprint density at radius 2 is 1.65 bits per heavy atom. The van der Waals surface area contributed by atoms with Crippen LogP contribution in [0.25, 0.3) is 11.0 Å². The molecule has 0 aliphatic heterocycles. The maximum Gasteiger partial charge on any atom is 0.251 e. The summed E-state index contributed by atoms with van der Waals surface area (Å²) in [6.07, 6.45) is 1.33. The molecule has 0 spiro atoms. The molecule has 0 atom stereocenters. The van der Waals surface area contributed by atoms with Gasteiger partial charge in [-0.2, -0.15) is 0 Å². The number of nitrogens with one attached hydrogen (secondary N) is 1. The third kappa shape index (κ3) is 7.47. The number of fused-ring (bicyclic) bond motifs is 1. The first-order chi connectivity index (χ1) is 17.7. The number of aryl methyl sites for hydroxylation is 1. The Kier molecular flexibility index (Phi) is 9.94. The van der Waals surface area contributed by atoms with Crippen molar-refractivity contribution in [2.75, 3.05) is 33.9 Å². The number of ether oxygens (including phenoxy) is 2. The summed E-state index contributed by atoms with van der Waals surface area (Å²) in [6, 6.07) is 13.0. The van der Waals surface area contributed by atoms with Crippen LogP contribution in [0.15, 0.2) is 42.5 Å². The van der Waals surface area contributed by atoms with E-state index in [1.54, 1.807) is 32.4 Å². The van der Waals surface area contributed by atoms with E-state index in [0.717, 1.165) is 29.9 Å². The summed E-state index contributed by atoms with van der Waals surface area (Å²) in [7, 11) is 3.10. The fourth-order valence-electron chi connectivity index (χ4n) is 4.42. The smallest absolute Gasteiger partial charge is 0.251 e. The molecule has 200 valence electrons. The molecule has 0 fully saturated rings. The van der Waals surface area contributed by atoms with Gasteiger partial charge in [-0.25, -0.2) is 4.98 Å². The Morgan fingerprint density at radius 1 is 0.973 bits per heavy atom. The summed E-state index contributed by atoms with van der Waals surface area (Å²) >= 11 is 0. The fourth-order valence-corrected chi connectivity index (χ4v) is 4.42. The number of nitrogens with zero attached hydrogens (tertiary/aromatic N) is 3.